The highest BCUT2D eigenvalue weighted by molar-refractivity contribution is 5.79. The van der Waals surface area contributed by atoms with E-state index < -0.39 is 5.60 Å². The summed E-state index contributed by atoms with van der Waals surface area (Å²) in [7, 11) is 1.76. The maximum Gasteiger partial charge on any atom is 0.410 e. The van der Waals surface area contributed by atoms with E-state index in [1.54, 1.807) is 7.05 Å². The number of ether oxygens (including phenoxy) is 2. The van der Waals surface area contributed by atoms with Crippen LogP contribution in [0.25, 0.3) is 0 Å². The average Bonchev–Trinajstić information content (AvgIpc) is 2.56. The van der Waals surface area contributed by atoms with Crippen molar-refractivity contribution in [2.45, 2.75) is 52.6 Å². The zero-order chi connectivity index (χ0) is 18.7. The number of rotatable bonds is 7. The number of nitrogens with one attached hydrogen (secondary N) is 2. The SMILES string of the molecule is CCOCCNC(=NC)NCCC1CCCN(C(=O)OC(C)(C)C)C1. The summed E-state index contributed by atoms with van der Waals surface area (Å²) in [6.45, 7) is 12.2. The lowest BCUT2D eigenvalue weighted by Gasteiger charge is -2.34. The molecule has 2 N–H and O–H groups in total. The molecule has 0 aromatic heterocycles. The molecule has 1 amide bonds. The molecule has 0 aliphatic carbocycles. The Kier molecular flexibility index (Phi) is 9.63. The van der Waals surface area contributed by atoms with E-state index in [0.29, 0.717) is 12.5 Å². The maximum absolute atomic E-state index is 12.2. The molecule has 1 atom stereocenters. The Morgan fingerprint density at radius 1 is 1.28 bits per heavy atom. The largest absolute Gasteiger partial charge is 0.444 e. The van der Waals surface area contributed by atoms with E-state index in [-0.39, 0.29) is 6.09 Å². The number of aliphatic imine (C=N–C) groups is 1. The van der Waals surface area contributed by atoms with E-state index in [2.05, 4.69) is 15.6 Å². The van der Waals surface area contributed by atoms with E-state index in [4.69, 9.17) is 9.47 Å². The van der Waals surface area contributed by atoms with Crippen molar-refractivity contribution in [1.29, 1.82) is 0 Å². The fourth-order valence-electron chi connectivity index (χ4n) is 2.79. The molecule has 0 radical (unpaired) electrons. The van der Waals surface area contributed by atoms with Gasteiger partial charge in [-0.05, 0) is 52.9 Å². The molecule has 7 nitrogen and oxygen atoms in total. The molecule has 1 aliphatic rings. The number of hydrogen-bond donors (Lipinski definition) is 2. The predicted octanol–water partition coefficient (Wildman–Crippen LogP) is 2.23. The van der Waals surface area contributed by atoms with Crippen LogP contribution in [0.1, 0.15) is 47.0 Å². The number of likely N-dealkylation sites (tertiary alicyclic amines) is 1. The van der Waals surface area contributed by atoms with Crippen LogP contribution in [0, 0.1) is 5.92 Å². The summed E-state index contributed by atoms with van der Waals surface area (Å²) in [6.07, 6.45) is 2.99. The van der Waals surface area contributed by atoms with Crippen LogP contribution in [0.2, 0.25) is 0 Å². The summed E-state index contributed by atoms with van der Waals surface area (Å²) in [5, 5.41) is 6.55. The normalized spacial score (nSPS) is 18.8. The first-order valence-corrected chi connectivity index (χ1v) is 9.36. The van der Waals surface area contributed by atoms with Crippen LogP contribution in [0.15, 0.2) is 4.99 Å². The first kappa shape index (κ1) is 21.5. The fraction of sp³-hybridized carbons (Fsp3) is 0.889. The lowest BCUT2D eigenvalue weighted by Crippen LogP contribution is -2.44. The molecule has 1 saturated heterocycles. The molecule has 1 unspecified atom stereocenters. The van der Waals surface area contributed by atoms with Gasteiger partial charge in [0.15, 0.2) is 5.96 Å². The first-order chi connectivity index (χ1) is 11.9. The molecular weight excluding hydrogens is 320 g/mol. The second kappa shape index (κ2) is 11.2. The zero-order valence-electron chi connectivity index (χ0n) is 16.6. The van der Waals surface area contributed by atoms with Gasteiger partial charge >= 0.3 is 6.09 Å². The minimum absolute atomic E-state index is 0.196. The topological polar surface area (TPSA) is 75.2 Å². The van der Waals surface area contributed by atoms with Crippen molar-refractivity contribution >= 4 is 12.1 Å². The van der Waals surface area contributed by atoms with Gasteiger partial charge in [0.05, 0.1) is 6.61 Å². The van der Waals surface area contributed by atoms with Crippen LogP contribution in [0.4, 0.5) is 4.79 Å². The molecule has 1 rings (SSSR count). The van der Waals surface area contributed by atoms with Crippen LogP contribution in [0.5, 0.6) is 0 Å². The number of carbonyl (C=O) groups is 1. The van der Waals surface area contributed by atoms with Gasteiger partial charge in [0, 0.05) is 39.8 Å². The van der Waals surface area contributed by atoms with Gasteiger partial charge in [-0.3, -0.25) is 4.99 Å². The molecule has 7 heteroatoms. The zero-order valence-corrected chi connectivity index (χ0v) is 16.6. The van der Waals surface area contributed by atoms with Crippen molar-refractivity contribution in [3.63, 3.8) is 0 Å². The van der Waals surface area contributed by atoms with Gasteiger partial charge in [-0.2, -0.15) is 0 Å². The summed E-state index contributed by atoms with van der Waals surface area (Å²) in [5.74, 6) is 1.29. The highest BCUT2D eigenvalue weighted by atomic mass is 16.6. The number of piperidine rings is 1. The second-order valence-corrected chi connectivity index (χ2v) is 7.35. The Morgan fingerprint density at radius 3 is 2.64 bits per heavy atom. The molecule has 1 aliphatic heterocycles. The van der Waals surface area contributed by atoms with E-state index in [1.165, 1.54) is 0 Å². The Balaban J connectivity index is 2.28. The minimum atomic E-state index is -0.439. The van der Waals surface area contributed by atoms with Crippen LogP contribution >= 0.6 is 0 Å². The van der Waals surface area contributed by atoms with Crippen LogP contribution in [-0.2, 0) is 9.47 Å². The summed E-state index contributed by atoms with van der Waals surface area (Å²) in [5.41, 5.74) is -0.439. The molecule has 1 fully saturated rings. The fourth-order valence-corrected chi connectivity index (χ4v) is 2.79. The van der Waals surface area contributed by atoms with Crippen molar-refractivity contribution in [3.8, 4) is 0 Å². The standard InChI is InChI=1S/C18H36N4O3/c1-6-24-13-11-21-16(19-5)20-10-9-15-8-7-12-22(14-15)17(23)25-18(2,3)4/h15H,6-14H2,1-5H3,(H2,19,20,21). The lowest BCUT2D eigenvalue weighted by molar-refractivity contribution is 0.0162. The van der Waals surface area contributed by atoms with E-state index in [0.717, 1.165) is 58.0 Å². The molecule has 0 saturated carbocycles. The molecule has 25 heavy (non-hydrogen) atoms. The Labute approximate surface area is 152 Å². The number of hydrogen-bond acceptors (Lipinski definition) is 4. The van der Waals surface area contributed by atoms with Crippen molar-refractivity contribution in [3.05, 3.63) is 0 Å². The quantitative estimate of drug-likeness (QED) is 0.416. The molecule has 0 aromatic carbocycles. The van der Waals surface area contributed by atoms with Crippen molar-refractivity contribution < 1.29 is 14.3 Å². The third-order valence-electron chi connectivity index (χ3n) is 3.98. The van der Waals surface area contributed by atoms with E-state index >= 15 is 0 Å². The maximum atomic E-state index is 12.2. The average molecular weight is 357 g/mol. The number of amides is 1. The van der Waals surface area contributed by atoms with Crippen LogP contribution in [0.3, 0.4) is 0 Å². The summed E-state index contributed by atoms with van der Waals surface area (Å²) in [6, 6.07) is 0. The minimum Gasteiger partial charge on any atom is -0.444 e. The predicted molar refractivity (Wildman–Crippen MR) is 101 cm³/mol. The summed E-state index contributed by atoms with van der Waals surface area (Å²) >= 11 is 0. The highest BCUT2D eigenvalue weighted by Gasteiger charge is 2.27. The van der Waals surface area contributed by atoms with Gasteiger partial charge in [-0.25, -0.2) is 4.79 Å². The van der Waals surface area contributed by atoms with Crippen molar-refractivity contribution in [2.75, 3.05) is 46.4 Å². The third-order valence-corrected chi connectivity index (χ3v) is 3.98. The third kappa shape index (κ3) is 9.53. The molecule has 0 spiro atoms. The van der Waals surface area contributed by atoms with E-state index in [1.807, 2.05) is 32.6 Å². The molecule has 0 bridgehead atoms. The van der Waals surface area contributed by atoms with Gasteiger partial charge in [0.2, 0.25) is 0 Å². The van der Waals surface area contributed by atoms with Gasteiger partial charge in [-0.15, -0.1) is 0 Å². The van der Waals surface area contributed by atoms with Crippen LogP contribution < -0.4 is 10.6 Å². The van der Waals surface area contributed by atoms with Crippen molar-refractivity contribution in [1.82, 2.24) is 15.5 Å². The lowest BCUT2D eigenvalue weighted by atomic mass is 9.95. The molecular formula is C18H36N4O3. The molecule has 146 valence electrons. The monoisotopic (exact) mass is 356 g/mol. The van der Waals surface area contributed by atoms with Crippen molar-refractivity contribution in [2.24, 2.45) is 10.9 Å². The van der Waals surface area contributed by atoms with E-state index in [9.17, 15) is 4.79 Å². The molecule has 1 heterocycles. The number of nitrogens with zero attached hydrogens (tertiary/aromatic N) is 2. The number of carbonyl (C=O) groups excluding carboxylic acids is 1. The van der Waals surface area contributed by atoms with Gasteiger partial charge in [-0.1, -0.05) is 0 Å². The highest BCUT2D eigenvalue weighted by Crippen LogP contribution is 2.21. The Bertz CT molecular complexity index is 421. The van der Waals surface area contributed by atoms with Gasteiger partial charge in [0.25, 0.3) is 0 Å². The Hall–Kier alpha value is -1.50. The van der Waals surface area contributed by atoms with Gasteiger partial charge in [0.1, 0.15) is 5.60 Å². The van der Waals surface area contributed by atoms with Crippen LogP contribution in [-0.4, -0.2) is 69.0 Å². The molecule has 0 aromatic rings. The first-order valence-electron chi connectivity index (χ1n) is 9.36. The summed E-state index contributed by atoms with van der Waals surface area (Å²) in [4.78, 5) is 18.3. The Morgan fingerprint density at radius 2 is 2.00 bits per heavy atom. The smallest absolute Gasteiger partial charge is 0.410 e. The van der Waals surface area contributed by atoms with Gasteiger partial charge < -0.3 is 25.0 Å². The summed E-state index contributed by atoms with van der Waals surface area (Å²) < 4.78 is 10.8. The second-order valence-electron chi connectivity index (χ2n) is 7.35. The number of guanidine groups is 1.